The number of nitrogens with zero attached hydrogens (tertiary/aromatic N) is 1. The first kappa shape index (κ1) is 17.8. The zero-order chi connectivity index (χ0) is 15.9. The first-order valence-electron chi connectivity index (χ1n) is 7.75. The fourth-order valence-corrected chi connectivity index (χ4v) is 2.87. The Kier molecular flexibility index (Phi) is 6.95. The van der Waals surface area contributed by atoms with Crippen molar-refractivity contribution in [2.45, 2.75) is 52.0 Å². The number of hydrogen-bond donors (Lipinski definition) is 2. The van der Waals surface area contributed by atoms with Crippen LogP contribution < -0.4 is 5.32 Å². The van der Waals surface area contributed by atoms with Crippen LogP contribution in [0.2, 0.25) is 0 Å². The van der Waals surface area contributed by atoms with Crippen molar-refractivity contribution in [1.29, 1.82) is 0 Å². The van der Waals surface area contributed by atoms with Crippen molar-refractivity contribution >= 4 is 12.0 Å². The number of carbonyl (C=O) groups excluding carboxylic acids is 1. The molecule has 0 aromatic rings. The number of rotatable bonds is 7. The topological polar surface area (TPSA) is 78.9 Å². The van der Waals surface area contributed by atoms with E-state index in [2.05, 4.69) is 19.2 Å². The van der Waals surface area contributed by atoms with Crippen molar-refractivity contribution in [2.24, 2.45) is 5.41 Å². The molecule has 6 nitrogen and oxygen atoms in total. The van der Waals surface area contributed by atoms with Gasteiger partial charge in [-0.15, -0.1) is 0 Å². The second-order valence-electron chi connectivity index (χ2n) is 5.82. The van der Waals surface area contributed by atoms with Crippen LogP contribution in [0.3, 0.4) is 0 Å². The number of amides is 2. The number of hydrogen-bond acceptors (Lipinski definition) is 3. The van der Waals surface area contributed by atoms with E-state index in [9.17, 15) is 9.59 Å². The summed E-state index contributed by atoms with van der Waals surface area (Å²) in [5, 5.41) is 11.7. The van der Waals surface area contributed by atoms with Gasteiger partial charge in [0.2, 0.25) is 0 Å². The largest absolute Gasteiger partial charge is 0.480 e. The van der Waals surface area contributed by atoms with Crippen molar-refractivity contribution in [3.05, 3.63) is 0 Å². The fourth-order valence-electron chi connectivity index (χ4n) is 2.87. The van der Waals surface area contributed by atoms with Crippen molar-refractivity contribution in [1.82, 2.24) is 10.2 Å². The smallest absolute Gasteiger partial charge is 0.326 e. The van der Waals surface area contributed by atoms with Crippen LogP contribution >= 0.6 is 0 Å². The summed E-state index contributed by atoms with van der Waals surface area (Å²) in [5.41, 5.74) is 0.346. The molecule has 0 aromatic carbocycles. The number of ether oxygens (including phenoxy) is 1. The molecule has 0 aromatic heterocycles. The van der Waals surface area contributed by atoms with Crippen molar-refractivity contribution < 1.29 is 19.4 Å². The molecule has 2 N–H and O–H groups in total. The Hall–Kier alpha value is -1.30. The van der Waals surface area contributed by atoms with Gasteiger partial charge in [0.25, 0.3) is 0 Å². The molecule has 1 heterocycles. The summed E-state index contributed by atoms with van der Waals surface area (Å²) in [4.78, 5) is 25.0. The van der Waals surface area contributed by atoms with Gasteiger partial charge in [0.05, 0.1) is 0 Å². The van der Waals surface area contributed by atoms with Gasteiger partial charge in [-0.1, -0.05) is 26.7 Å². The Labute approximate surface area is 126 Å². The number of aliphatic carboxylic acids is 1. The van der Waals surface area contributed by atoms with Crippen LogP contribution in [0.15, 0.2) is 0 Å². The van der Waals surface area contributed by atoms with Gasteiger partial charge in [0.15, 0.2) is 0 Å². The van der Waals surface area contributed by atoms with Gasteiger partial charge in [-0.25, -0.2) is 9.59 Å². The predicted molar refractivity (Wildman–Crippen MR) is 80.3 cm³/mol. The Morgan fingerprint density at radius 3 is 2.29 bits per heavy atom. The van der Waals surface area contributed by atoms with Crippen LogP contribution in [0.1, 0.15) is 46.0 Å². The Morgan fingerprint density at radius 2 is 1.86 bits per heavy atom. The molecule has 1 atom stereocenters. The summed E-state index contributed by atoms with van der Waals surface area (Å²) >= 11 is 0. The number of methoxy groups -OCH3 is 1. The maximum absolute atomic E-state index is 12.2. The van der Waals surface area contributed by atoms with E-state index < -0.39 is 12.0 Å². The van der Waals surface area contributed by atoms with Gasteiger partial charge >= 0.3 is 12.0 Å². The molecule has 21 heavy (non-hydrogen) atoms. The average molecular weight is 300 g/mol. The first-order valence-corrected chi connectivity index (χ1v) is 7.75. The fraction of sp³-hybridized carbons (Fsp3) is 0.867. The molecule has 1 fully saturated rings. The zero-order valence-corrected chi connectivity index (χ0v) is 13.4. The van der Waals surface area contributed by atoms with Crippen LogP contribution in [0.4, 0.5) is 4.79 Å². The summed E-state index contributed by atoms with van der Waals surface area (Å²) in [6, 6.07) is -1.17. The van der Waals surface area contributed by atoms with Gasteiger partial charge in [-0.3, -0.25) is 0 Å². The second-order valence-corrected chi connectivity index (χ2v) is 5.82. The number of carboxylic acids is 1. The van der Waals surface area contributed by atoms with Gasteiger partial charge in [0.1, 0.15) is 6.04 Å². The molecule has 0 spiro atoms. The van der Waals surface area contributed by atoms with Crippen LogP contribution in [0.25, 0.3) is 0 Å². The predicted octanol–water partition coefficient (Wildman–Crippen LogP) is 2.09. The number of urea groups is 1. The zero-order valence-electron chi connectivity index (χ0n) is 13.4. The molecule has 0 radical (unpaired) electrons. The van der Waals surface area contributed by atoms with Crippen LogP contribution in [0.5, 0.6) is 0 Å². The Bertz CT molecular complexity index is 346. The van der Waals surface area contributed by atoms with Gasteiger partial charge in [0, 0.05) is 33.2 Å². The van der Waals surface area contributed by atoms with Crippen molar-refractivity contribution in [3.8, 4) is 0 Å². The number of nitrogens with one attached hydrogen (secondary N) is 1. The Morgan fingerprint density at radius 1 is 1.29 bits per heavy atom. The molecule has 1 saturated heterocycles. The summed E-state index contributed by atoms with van der Waals surface area (Å²) < 4.78 is 4.88. The van der Waals surface area contributed by atoms with E-state index in [4.69, 9.17) is 9.84 Å². The van der Waals surface area contributed by atoms with E-state index in [-0.39, 0.29) is 12.5 Å². The molecular formula is C15H28N2O4. The molecule has 1 rings (SSSR count). The summed E-state index contributed by atoms with van der Waals surface area (Å²) in [6.45, 7) is 6.11. The summed E-state index contributed by atoms with van der Waals surface area (Å²) in [7, 11) is 1.51. The quantitative estimate of drug-likeness (QED) is 0.754. The van der Waals surface area contributed by atoms with Gasteiger partial charge < -0.3 is 20.1 Å². The standard InChI is InChI=1S/C15H28N2O4/c1-4-15(5-2)7-9-17(10-8-15)14(20)16-12(13(18)19)6-11-21-3/h12H,4-11H2,1-3H3,(H,16,20)(H,18,19). The molecular weight excluding hydrogens is 272 g/mol. The molecule has 0 aliphatic carbocycles. The normalized spacial score (nSPS) is 19.1. The molecule has 0 bridgehead atoms. The van der Waals surface area contributed by atoms with E-state index in [1.807, 2.05) is 0 Å². The van der Waals surface area contributed by atoms with E-state index in [0.717, 1.165) is 25.7 Å². The Balaban J connectivity index is 2.51. The lowest BCUT2D eigenvalue weighted by atomic mass is 9.74. The number of carbonyl (C=O) groups is 2. The van der Waals surface area contributed by atoms with E-state index in [1.165, 1.54) is 7.11 Å². The lowest BCUT2D eigenvalue weighted by Crippen LogP contribution is -2.51. The van der Waals surface area contributed by atoms with E-state index in [0.29, 0.717) is 25.1 Å². The SMILES string of the molecule is CCC1(CC)CCN(C(=O)NC(CCOC)C(=O)O)CC1. The maximum Gasteiger partial charge on any atom is 0.326 e. The molecule has 1 aliphatic heterocycles. The second kappa shape index (κ2) is 8.22. The van der Waals surface area contributed by atoms with Crippen LogP contribution in [-0.4, -0.2) is 54.9 Å². The third kappa shape index (κ3) is 4.88. The lowest BCUT2D eigenvalue weighted by molar-refractivity contribution is -0.139. The molecule has 1 aliphatic rings. The first-order chi connectivity index (χ1) is 9.98. The van der Waals surface area contributed by atoms with Crippen LogP contribution in [0, 0.1) is 5.41 Å². The van der Waals surface area contributed by atoms with Gasteiger partial charge in [-0.2, -0.15) is 0 Å². The van der Waals surface area contributed by atoms with Crippen LogP contribution in [-0.2, 0) is 9.53 Å². The number of carboxylic acid groups (broad SMARTS) is 1. The highest BCUT2D eigenvalue weighted by atomic mass is 16.5. The molecule has 6 heteroatoms. The highest BCUT2D eigenvalue weighted by molar-refractivity contribution is 5.82. The van der Waals surface area contributed by atoms with Gasteiger partial charge in [-0.05, 0) is 18.3 Å². The minimum Gasteiger partial charge on any atom is -0.480 e. The number of piperidine rings is 1. The minimum atomic E-state index is -1.02. The van der Waals surface area contributed by atoms with Crippen molar-refractivity contribution in [2.75, 3.05) is 26.8 Å². The van der Waals surface area contributed by atoms with Crippen molar-refractivity contribution in [3.63, 3.8) is 0 Å². The van der Waals surface area contributed by atoms with E-state index in [1.54, 1.807) is 4.90 Å². The van der Waals surface area contributed by atoms with E-state index >= 15 is 0 Å². The molecule has 0 saturated carbocycles. The highest BCUT2D eigenvalue weighted by Crippen LogP contribution is 2.37. The highest BCUT2D eigenvalue weighted by Gasteiger charge is 2.33. The third-order valence-corrected chi connectivity index (χ3v) is 4.82. The molecule has 1 unspecified atom stereocenters. The summed E-state index contributed by atoms with van der Waals surface area (Å²) in [6.07, 6.45) is 4.51. The lowest BCUT2D eigenvalue weighted by Gasteiger charge is -2.41. The average Bonchev–Trinajstić information content (AvgIpc) is 2.51. The molecule has 122 valence electrons. The number of likely N-dealkylation sites (tertiary alicyclic amines) is 1. The molecule has 2 amide bonds. The third-order valence-electron chi connectivity index (χ3n) is 4.82. The minimum absolute atomic E-state index is 0.277. The monoisotopic (exact) mass is 300 g/mol. The summed E-state index contributed by atoms with van der Waals surface area (Å²) in [5.74, 6) is -1.02. The maximum atomic E-state index is 12.2.